The first-order valence-electron chi connectivity index (χ1n) is 6.53. The zero-order chi connectivity index (χ0) is 12.1. The minimum absolute atomic E-state index is 0.302. The van der Waals surface area contributed by atoms with Crippen LogP contribution in [0.5, 0.6) is 0 Å². The van der Waals surface area contributed by atoms with Crippen LogP contribution >= 0.6 is 11.3 Å². The highest BCUT2D eigenvalue weighted by Crippen LogP contribution is 2.16. The van der Waals surface area contributed by atoms with Gasteiger partial charge in [0, 0.05) is 23.9 Å². The van der Waals surface area contributed by atoms with E-state index in [2.05, 4.69) is 11.8 Å². The summed E-state index contributed by atoms with van der Waals surface area (Å²) in [6, 6.07) is 1.93. The van der Waals surface area contributed by atoms with E-state index in [9.17, 15) is 4.79 Å². The number of nitrogens with zero attached hydrogens (tertiary/aromatic N) is 1. The number of ketones is 1. The number of carbonyl (C=O) groups is 1. The van der Waals surface area contributed by atoms with Crippen molar-refractivity contribution in [1.82, 2.24) is 4.90 Å². The van der Waals surface area contributed by atoms with Crippen molar-refractivity contribution in [3.8, 4) is 0 Å². The maximum Gasteiger partial charge on any atom is 0.163 e. The highest BCUT2D eigenvalue weighted by molar-refractivity contribution is 7.08. The zero-order valence-electron chi connectivity index (χ0n) is 10.5. The van der Waals surface area contributed by atoms with Crippen LogP contribution in [-0.2, 0) is 0 Å². The maximum absolute atomic E-state index is 11.8. The minimum atomic E-state index is 0.302. The Bertz CT molecular complexity index is 347. The van der Waals surface area contributed by atoms with Gasteiger partial charge in [-0.05, 0) is 49.7 Å². The molecule has 1 aromatic rings. The molecule has 94 valence electrons. The lowest BCUT2D eigenvalue weighted by atomic mass is 10.00. The molecule has 0 amide bonds. The molecule has 0 bridgehead atoms. The normalized spacial score (nSPS) is 21.6. The van der Waals surface area contributed by atoms with E-state index in [1.54, 1.807) is 11.3 Å². The molecule has 2 rings (SSSR count). The summed E-state index contributed by atoms with van der Waals surface area (Å²) in [7, 11) is 0. The molecule has 1 aliphatic rings. The second-order valence-corrected chi connectivity index (χ2v) is 5.87. The molecule has 2 nitrogen and oxygen atoms in total. The summed E-state index contributed by atoms with van der Waals surface area (Å²) in [4.78, 5) is 14.3. The van der Waals surface area contributed by atoms with Crippen molar-refractivity contribution in [2.45, 2.75) is 32.6 Å². The van der Waals surface area contributed by atoms with Gasteiger partial charge in [-0.3, -0.25) is 4.79 Å². The van der Waals surface area contributed by atoms with E-state index in [0.717, 1.165) is 24.4 Å². The Kier molecular flexibility index (Phi) is 4.75. The van der Waals surface area contributed by atoms with Crippen LogP contribution in [-0.4, -0.2) is 30.3 Å². The van der Waals surface area contributed by atoms with Gasteiger partial charge < -0.3 is 4.90 Å². The topological polar surface area (TPSA) is 20.3 Å². The first-order valence-corrected chi connectivity index (χ1v) is 7.48. The van der Waals surface area contributed by atoms with Gasteiger partial charge in [-0.1, -0.05) is 6.92 Å². The van der Waals surface area contributed by atoms with Gasteiger partial charge in [0.25, 0.3) is 0 Å². The molecule has 1 fully saturated rings. The molecule has 0 aromatic carbocycles. The summed E-state index contributed by atoms with van der Waals surface area (Å²) >= 11 is 1.60. The first-order chi connectivity index (χ1) is 8.25. The second-order valence-electron chi connectivity index (χ2n) is 5.09. The smallest absolute Gasteiger partial charge is 0.163 e. The molecule has 0 saturated carbocycles. The molecule has 0 spiro atoms. The fourth-order valence-electron chi connectivity index (χ4n) is 2.52. The van der Waals surface area contributed by atoms with Crippen molar-refractivity contribution in [3.63, 3.8) is 0 Å². The Morgan fingerprint density at radius 2 is 2.47 bits per heavy atom. The third-order valence-corrected chi connectivity index (χ3v) is 4.15. The Labute approximate surface area is 108 Å². The number of likely N-dealkylation sites (tertiary alicyclic amines) is 1. The molecule has 1 saturated heterocycles. The number of carbonyl (C=O) groups excluding carboxylic acids is 1. The molecule has 0 radical (unpaired) electrons. The quantitative estimate of drug-likeness (QED) is 0.747. The first kappa shape index (κ1) is 12.8. The predicted octanol–water partition coefficient (Wildman–Crippen LogP) is 3.44. The highest BCUT2D eigenvalue weighted by Gasteiger charge is 2.16. The van der Waals surface area contributed by atoms with E-state index in [0.29, 0.717) is 12.2 Å². The van der Waals surface area contributed by atoms with Gasteiger partial charge in [0.05, 0.1) is 0 Å². The zero-order valence-corrected chi connectivity index (χ0v) is 11.3. The van der Waals surface area contributed by atoms with Crippen molar-refractivity contribution in [1.29, 1.82) is 0 Å². The van der Waals surface area contributed by atoms with Gasteiger partial charge in [-0.15, -0.1) is 0 Å². The van der Waals surface area contributed by atoms with Crippen LogP contribution in [0.25, 0.3) is 0 Å². The molecule has 1 atom stereocenters. The van der Waals surface area contributed by atoms with Crippen molar-refractivity contribution < 1.29 is 4.79 Å². The van der Waals surface area contributed by atoms with E-state index in [4.69, 9.17) is 0 Å². The summed E-state index contributed by atoms with van der Waals surface area (Å²) in [5, 5.41) is 3.92. The predicted molar refractivity (Wildman–Crippen MR) is 72.7 cm³/mol. The lowest BCUT2D eigenvalue weighted by Gasteiger charge is -2.30. The summed E-state index contributed by atoms with van der Waals surface area (Å²) in [5.41, 5.74) is 0.891. The van der Waals surface area contributed by atoms with Crippen LogP contribution in [0, 0.1) is 5.92 Å². The molecular formula is C14H21NOS. The average molecular weight is 251 g/mol. The largest absolute Gasteiger partial charge is 0.303 e. The highest BCUT2D eigenvalue weighted by atomic mass is 32.1. The Morgan fingerprint density at radius 1 is 1.59 bits per heavy atom. The molecule has 1 aliphatic heterocycles. The van der Waals surface area contributed by atoms with E-state index in [-0.39, 0.29) is 0 Å². The van der Waals surface area contributed by atoms with Gasteiger partial charge >= 0.3 is 0 Å². The van der Waals surface area contributed by atoms with Crippen molar-refractivity contribution in [3.05, 3.63) is 22.4 Å². The lowest BCUT2D eigenvalue weighted by molar-refractivity contribution is 0.0970. The van der Waals surface area contributed by atoms with Crippen LogP contribution in [0.15, 0.2) is 16.8 Å². The van der Waals surface area contributed by atoms with E-state index >= 15 is 0 Å². The van der Waals surface area contributed by atoms with Gasteiger partial charge in [-0.25, -0.2) is 0 Å². The molecule has 3 heteroatoms. The molecule has 17 heavy (non-hydrogen) atoms. The third kappa shape index (κ3) is 3.93. The van der Waals surface area contributed by atoms with Gasteiger partial charge in [-0.2, -0.15) is 11.3 Å². The standard InChI is InChI=1S/C14H21NOS/c1-12-4-2-7-15(10-12)8-3-5-14(16)13-6-9-17-11-13/h6,9,11-12H,2-5,7-8,10H2,1H3. The summed E-state index contributed by atoms with van der Waals surface area (Å²) in [6.07, 6.45) is 4.38. The number of hydrogen-bond acceptors (Lipinski definition) is 3. The summed E-state index contributed by atoms with van der Waals surface area (Å²) in [5.74, 6) is 1.13. The van der Waals surface area contributed by atoms with Crippen molar-refractivity contribution >= 4 is 17.1 Å². The minimum Gasteiger partial charge on any atom is -0.303 e. The van der Waals surface area contributed by atoms with Gasteiger partial charge in [0.2, 0.25) is 0 Å². The Hall–Kier alpha value is -0.670. The van der Waals surface area contributed by atoms with Gasteiger partial charge in [0.15, 0.2) is 5.78 Å². The SMILES string of the molecule is CC1CCCN(CCCC(=O)c2ccsc2)C1. The van der Waals surface area contributed by atoms with E-state index in [1.807, 2.05) is 16.8 Å². The molecule has 2 heterocycles. The van der Waals surface area contributed by atoms with Crippen LogP contribution in [0.3, 0.4) is 0 Å². The lowest BCUT2D eigenvalue weighted by Crippen LogP contribution is -2.35. The third-order valence-electron chi connectivity index (χ3n) is 3.46. The monoisotopic (exact) mass is 251 g/mol. The summed E-state index contributed by atoms with van der Waals surface area (Å²) < 4.78 is 0. The second kappa shape index (κ2) is 6.31. The number of Topliss-reactive ketones (excluding diaryl/α,β-unsaturated/α-hetero) is 1. The Morgan fingerprint density at radius 3 is 3.18 bits per heavy atom. The summed E-state index contributed by atoms with van der Waals surface area (Å²) in [6.45, 7) is 5.84. The number of thiophene rings is 1. The Balaban J connectivity index is 1.67. The maximum atomic E-state index is 11.8. The number of hydrogen-bond donors (Lipinski definition) is 0. The van der Waals surface area contributed by atoms with E-state index < -0.39 is 0 Å². The fourth-order valence-corrected chi connectivity index (χ4v) is 3.18. The molecule has 1 unspecified atom stereocenters. The van der Waals surface area contributed by atoms with Crippen LogP contribution in [0.2, 0.25) is 0 Å². The molecule has 0 N–H and O–H groups in total. The van der Waals surface area contributed by atoms with Crippen LogP contribution in [0.4, 0.5) is 0 Å². The number of piperidine rings is 1. The van der Waals surface area contributed by atoms with Gasteiger partial charge in [0.1, 0.15) is 0 Å². The fraction of sp³-hybridized carbons (Fsp3) is 0.643. The number of rotatable bonds is 5. The molecule has 0 aliphatic carbocycles. The van der Waals surface area contributed by atoms with Crippen LogP contribution in [0.1, 0.15) is 43.0 Å². The van der Waals surface area contributed by atoms with Crippen LogP contribution < -0.4 is 0 Å². The van der Waals surface area contributed by atoms with Crippen molar-refractivity contribution in [2.75, 3.05) is 19.6 Å². The molecular weight excluding hydrogens is 230 g/mol. The van der Waals surface area contributed by atoms with E-state index in [1.165, 1.54) is 25.9 Å². The average Bonchev–Trinajstić information content (AvgIpc) is 2.82. The van der Waals surface area contributed by atoms with Crippen molar-refractivity contribution in [2.24, 2.45) is 5.92 Å². The molecule has 1 aromatic heterocycles.